The number of nitrogens with zero attached hydrogens (tertiary/aromatic N) is 1. The van der Waals surface area contributed by atoms with Gasteiger partial charge >= 0.3 is 0 Å². The quantitative estimate of drug-likeness (QED) is 0.201. The van der Waals surface area contributed by atoms with Crippen LogP contribution in [0.15, 0.2) is 74.7 Å². The van der Waals surface area contributed by atoms with Crippen molar-refractivity contribution in [2.75, 3.05) is 0 Å². The van der Waals surface area contributed by atoms with Gasteiger partial charge in [-0.25, -0.2) is 4.99 Å². The van der Waals surface area contributed by atoms with Crippen LogP contribution in [0, 0.1) is 18.3 Å². The van der Waals surface area contributed by atoms with Crippen molar-refractivity contribution in [3.8, 4) is 5.75 Å². The summed E-state index contributed by atoms with van der Waals surface area (Å²) in [4.78, 5) is 19.7. The minimum atomic E-state index is -0.111. The van der Waals surface area contributed by atoms with E-state index in [9.17, 15) is 4.79 Å². The summed E-state index contributed by atoms with van der Waals surface area (Å²) in [6.07, 6.45) is 6.36. The Morgan fingerprint density at radius 1 is 1.20 bits per heavy atom. The van der Waals surface area contributed by atoms with Crippen molar-refractivity contribution < 1.29 is 13.9 Å². The Kier molecular flexibility index (Phi) is 8.62. The summed E-state index contributed by atoms with van der Waals surface area (Å²) >= 11 is 5.23. The summed E-state index contributed by atoms with van der Waals surface area (Å²) in [7, 11) is 0. The number of rotatable bonds is 8. The zero-order valence-electron chi connectivity index (χ0n) is 23.4. The SMILES string of the molecule is Cc1ccc(COc2ccc(Br)cc2C=Nc2sc3c(c2C(=O)NCc2ccco2)CC[C@@H](C(C)(C)C)C3)cc1. The van der Waals surface area contributed by atoms with Gasteiger partial charge in [0.25, 0.3) is 5.91 Å². The summed E-state index contributed by atoms with van der Waals surface area (Å²) in [5, 5.41) is 3.79. The normalized spacial score (nSPS) is 15.3. The van der Waals surface area contributed by atoms with E-state index >= 15 is 0 Å². The van der Waals surface area contributed by atoms with Crippen molar-refractivity contribution >= 4 is 44.4 Å². The first-order chi connectivity index (χ1) is 19.2. The highest BCUT2D eigenvalue weighted by Crippen LogP contribution is 2.45. The molecule has 2 heterocycles. The fourth-order valence-electron chi connectivity index (χ4n) is 5.03. The number of fused-ring (bicyclic) bond motifs is 1. The number of carbonyl (C=O) groups is 1. The molecule has 0 aliphatic heterocycles. The largest absolute Gasteiger partial charge is 0.488 e. The van der Waals surface area contributed by atoms with Crippen molar-refractivity contribution in [3.05, 3.63) is 104 Å². The average Bonchev–Trinajstić information content (AvgIpc) is 3.58. The van der Waals surface area contributed by atoms with Gasteiger partial charge in [-0.15, -0.1) is 11.3 Å². The Balaban J connectivity index is 1.43. The Labute approximate surface area is 248 Å². The number of amides is 1. The zero-order valence-corrected chi connectivity index (χ0v) is 25.8. The van der Waals surface area contributed by atoms with E-state index in [0.717, 1.165) is 56.9 Å². The van der Waals surface area contributed by atoms with Gasteiger partial charge in [-0.1, -0.05) is 66.5 Å². The fourth-order valence-corrected chi connectivity index (χ4v) is 6.68. The van der Waals surface area contributed by atoms with E-state index in [1.165, 1.54) is 10.4 Å². The van der Waals surface area contributed by atoms with Crippen molar-refractivity contribution in [1.29, 1.82) is 0 Å². The average molecular weight is 620 g/mol. The number of hydrogen-bond donors (Lipinski definition) is 1. The second-order valence-electron chi connectivity index (χ2n) is 11.5. The highest BCUT2D eigenvalue weighted by molar-refractivity contribution is 9.10. The van der Waals surface area contributed by atoms with E-state index in [0.29, 0.717) is 24.6 Å². The van der Waals surface area contributed by atoms with Gasteiger partial charge in [0.2, 0.25) is 0 Å². The summed E-state index contributed by atoms with van der Waals surface area (Å²) in [6.45, 7) is 9.79. The van der Waals surface area contributed by atoms with Gasteiger partial charge < -0.3 is 14.5 Å². The molecule has 1 aliphatic rings. The van der Waals surface area contributed by atoms with Crippen LogP contribution < -0.4 is 10.1 Å². The molecule has 0 radical (unpaired) electrons. The number of benzene rings is 2. The van der Waals surface area contributed by atoms with E-state index in [1.54, 1.807) is 17.6 Å². The van der Waals surface area contributed by atoms with E-state index < -0.39 is 0 Å². The molecule has 0 saturated heterocycles. The van der Waals surface area contributed by atoms with Gasteiger partial charge in [0, 0.05) is 21.1 Å². The van der Waals surface area contributed by atoms with Crippen LogP contribution in [0.25, 0.3) is 0 Å². The molecule has 1 N–H and O–H groups in total. The highest BCUT2D eigenvalue weighted by Gasteiger charge is 2.33. The molecule has 0 fully saturated rings. The molecule has 40 heavy (non-hydrogen) atoms. The minimum Gasteiger partial charge on any atom is -0.488 e. The molecule has 7 heteroatoms. The molecular weight excluding hydrogens is 584 g/mol. The number of nitrogens with one attached hydrogen (secondary N) is 1. The summed E-state index contributed by atoms with van der Waals surface area (Å²) in [5.74, 6) is 1.92. The number of aliphatic imine (C=N–C) groups is 1. The maximum Gasteiger partial charge on any atom is 0.255 e. The van der Waals surface area contributed by atoms with Crippen LogP contribution in [0.4, 0.5) is 5.00 Å². The second-order valence-corrected chi connectivity index (χ2v) is 13.5. The molecule has 5 nitrogen and oxygen atoms in total. The molecule has 4 aromatic rings. The molecule has 1 atom stereocenters. The van der Waals surface area contributed by atoms with E-state index in [4.69, 9.17) is 14.1 Å². The third-order valence-electron chi connectivity index (χ3n) is 7.51. The minimum absolute atomic E-state index is 0.111. The Hall–Kier alpha value is -3.16. The molecule has 2 aromatic heterocycles. The first-order valence-electron chi connectivity index (χ1n) is 13.6. The number of aryl methyl sites for hydroxylation is 1. The first kappa shape index (κ1) is 28.4. The van der Waals surface area contributed by atoms with Crippen LogP contribution in [-0.4, -0.2) is 12.1 Å². The van der Waals surface area contributed by atoms with Crippen LogP contribution in [-0.2, 0) is 26.0 Å². The number of furan rings is 1. The van der Waals surface area contributed by atoms with Crippen LogP contribution in [0.5, 0.6) is 5.75 Å². The number of hydrogen-bond acceptors (Lipinski definition) is 5. The number of carbonyl (C=O) groups excluding carboxylic acids is 1. The molecule has 1 aliphatic carbocycles. The maximum atomic E-state index is 13.5. The standard InChI is InChI=1S/C33H35BrN2O3S/c1-21-7-9-22(10-8-21)20-39-28-14-12-25(34)16-23(28)18-36-32-30(31(37)35-19-26-6-5-15-38-26)27-13-11-24(33(2,3)4)17-29(27)40-32/h5-10,12,14-16,18,24H,11,13,17,19-20H2,1-4H3,(H,35,37)/t24-/m1/s1. The van der Waals surface area contributed by atoms with Crippen LogP contribution in [0.1, 0.15) is 70.4 Å². The first-order valence-corrected chi connectivity index (χ1v) is 15.3. The lowest BCUT2D eigenvalue weighted by molar-refractivity contribution is 0.0947. The Morgan fingerprint density at radius 3 is 2.73 bits per heavy atom. The monoisotopic (exact) mass is 618 g/mol. The zero-order chi connectivity index (χ0) is 28.3. The van der Waals surface area contributed by atoms with Crippen LogP contribution in [0.2, 0.25) is 0 Å². The summed E-state index contributed by atoms with van der Waals surface area (Å²) in [6, 6.07) is 17.9. The van der Waals surface area contributed by atoms with Crippen molar-refractivity contribution in [2.24, 2.45) is 16.3 Å². The molecule has 1 amide bonds. The molecule has 0 spiro atoms. The van der Waals surface area contributed by atoms with Gasteiger partial charge in [0.1, 0.15) is 23.1 Å². The molecular formula is C33H35BrN2O3S. The van der Waals surface area contributed by atoms with Crippen molar-refractivity contribution in [1.82, 2.24) is 5.32 Å². The second kappa shape index (κ2) is 12.1. The van der Waals surface area contributed by atoms with Gasteiger partial charge in [0.15, 0.2) is 0 Å². The third kappa shape index (κ3) is 6.76. The lowest BCUT2D eigenvalue weighted by Crippen LogP contribution is -2.28. The number of thiophene rings is 1. The molecule has 208 valence electrons. The Bertz CT molecular complexity index is 1500. The predicted molar refractivity (Wildman–Crippen MR) is 166 cm³/mol. The highest BCUT2D eigenvalue weighted by atomic mass is 79.9. The lowest BCUT2D eigenvalue weighted by Gasteiger charge is -2.33. The van der Waals surface area contributed by atoms with E-state index in [2.05, 4.69) is 73.2 Å². The Morgan fingerprint density at radius 2 is 2.00 bits per heavy atom. The summed E-state index contributed by atoms with van der Waals surface area (Å²) in [5.41, 5.74) is 5.21. The van der Waals surface area contributed by atoms with Crippen molar-refractivity contribution in [2.45, 2.75) is 60.1 Å². The number of halogens is 1. The predicted octanol–water partition coefficient (Wildman–Crippen LogP) is 8.82. The molecule has 0 bridgehead atoms. The summed E-state index contributed by atoms with van der Waals surface area (Å²) < 4.78 is 12.6. The van der Waals surface area contributed by atoms with Gasteiger partial charge in [-0.2, -0.15) is 0 Å². The van der Waals surface area contributed by atoms with Gasteiger partial charge in [-0.3, -0.25) is 4.79 Å². The third-order valence-corrected chi connectivity index (χ3v) is 9.17. The topological polar surface area (TPSA) is 63.8 Å². The van der Waals surface area contributed by atoms with E-state index in [-0.39, 0.29) is 11.3 Å². The fraction of sp³-hybridized carbons (Fsp3) is 0.333. The number of ether oxygens (including phenoxy) is 1. The van der Waals surface area contributed by atoms with Crippen LogP contribution >= 0.6 is 27.3 Å². The lowest BCUT2D eigenvalue weighted by atomic mass is 9.72. The van der Waals surface area contributed by atoms with Crippen molar-refractivity contribution in [3.63, 3.8) is 0 Å². The van der Waals surface area contributed by atoms with E-state index in [1.807, 2.05) is 36.5 Å². The molecule has 0 unspecified atom stereocenters. The molecule has 2 aromatic carbocycles. The van der Waals surface area contributed by atoms with Crippen LogP contribution in [0.3, 0.4) is 0 Å². The van der Waals surface area contributed by atoms with Gasteiger partial charge in [0.05, 0.1) is 18.4 Å². The maximum absolute atomic E-state index is 13.5. The van der Waals surface area contributed by atoms with Gasteiger partial charge in [-0.05, 0) is 79.0 Å². The smallest absolute Gasteiger partial charge is 0.255 e. The molecule has 5 rings (SSSR count). The molecule has 0 saturated carbocycles.